The zero-order valence-electron chi connectivity index (χ0n) is 7.63. The lowest BCUT2D eigenvalue weighted by Crippen LogP contribution is -2.10. The fourth-order valence-corrected chi connectivity index (χ4v) is 1.51. The second-order valence-electron chi connectivity index (χ2n) is 3.03. The molecule has 3 nitrogen and oxygen atoms in total. The van der Waals surface area contributed by atoms with Crippen LogP contribution in [0.15, 0.2) is 16.7 Å². The zero-order valence-corrected chi connectivity index (χ0v) is 9.21. The summed E-state index contributed by atoms with van der Waals surface area (Å²) in [5.41, 5.74) is 12.5. The monoisotopic (exact) mass is 243 g/mol. The molecule has 0 aliphatic rings. The zero-order chi connectivity index (χ0) is 9.84. The Bertz CT molecular complexity index is 288. The van der Waals surface area contributed by atoms with Crippen molar-refractivity contribution in [1.29, 1.82) is 0 Å². The molecule has 0 saturated carbocycles. The van der Waals surface area contributed by atoms with Crippen LogP contribution in [0, 0.1) is 0 Å². The van der Waals surface area contributed by atoms with E-state index in [0.717, 1.165) is 22.9 Å². The van der Waals surface area contributed by atoms with Crippen LogP contribution in [0.3, 0.4) is 0 Å². The normalized spacial score (nSPS) is 12.8. The van der Waals surface area contributed by atoms with Crippen molar-refractivity contribution >= 4 is 21.7 Å². The van der Waals surface area contributed by atoms with E-state index in [2.05, 4.69) is 27.8 Å². The minimum absolute atomic E-state index is 0.0643. The lowest BCUT2D eigenvalue weighted by atomic mass is 10.1. The molecule has 1 aromatic heterocycles. The third-order valence-electron chi connectivity index (χ3n) is 1.92. The molecule has 4 heteroatoms. The first-order valence-corrected chi connectivity index (χ1v) is 5.11. The number of hydrogen-bond acceptors (Lipinski definition) is 3. The van der Waals surface area contributed by atoms with Gasteiger partial charge in [0.05, 0.1) is 4.47 Å². The summed E-state index contributed by atoms with van der Waals surface area (Å²) in [6.07, 6.45) is 3.78. The molecule has 13 heavy (non-hydrogen) atoms. The molecule has 1 rings (SSSR count). The maximum absolute atomic E-state index is 5.92. The molecule has 1 unspecified atom stereocenters. The SMILES string of the molecule is CCCC(N)c1cnc(N)c(Br)c1. The molecular formula is C9H14BrN3. The Morgan fingerprint density at radius 1 is 1.62 bits per heavy atom. The third kappa shape index (κ3) is 2.67. The lowest BCUT2D eigenvalue weighted by Gasteiger charge is -2.10. The largest absolute Gasteiger partial charge is 0.383 e. The minimum atomic E-state index is 0.0643. The van der Waals surface area contributed by atoms with E-state index in [9.17, 15) is 0 Å². The van der Waals surface area contributed by atoms with Gasteiger partial charge in [0, 0.05) is 12.2 Å². The van der Waals surface area contributed by atoms with E-state index in [1.165, 1.54) is 0 Å². The van der Waals surface area contributed by atoms with Crippen molar-refractivity contribution in [3.63, 3.8) is 0 Å². The molecular weight excluding hydrogens is 230 g/mol. The van der Waals surface area contributed by atoms with Crippen molar-refractivity contribution in [3.8, 4) is 0 Å². The molecule has 0 saturated heterocycles. The van der Waals surface area contributed by atoms with Crippen LogP contribution < -0.4 is 11.5 Å². The molecule has 0 bridgehead atoms. The summed E-state index contributed by atoms with van der Waals surface area (Å²) in [6, 6.07) is 2.00. The van der Waals surface area contributed by atoms with Crippen LogP contribution in [0.5, 0.6) is 0 Å². The highest BCUT2D eigenvalue weighted by Gasteiger charge is 2.06. The summed E-state index contributed by atoms with van der Waals surface area (Å²) in [7, 11) is 0. The Morgan fingerprint density at radius 3 is 2.85 bits per heavy atom. The number of halogens is 1. The van der Waals surface area contributed by atoms with Gasteiger partial charge >= 0.3 is 0 Å². The van der Waals surface area contributed by atoms with Crippen molar-refractivity contribution in [2.75, 3.05) is 5.73 Å². The molecule has 0 spiro atoms. The van der Waals surface area contributed by atoms with Gasteiger partial charge in [-0.15, -0.1) is 0 Å². The van der Waals surface area contributed by atoms with E-state index >= 15 is 0 Å². The van der Waals surface area contributed by atoms with Crippen molar-refractivity contribution in [1.82, 2.24) is 4.98 Å². The quantitative estimate of drug-likeness (QED) is 0.856. The van der Waals surface area contributed by atoms with Crippen molar-refractivity contribution in [3.05, 3.63) is 22.3 Å². The summed E-state index contributed by atoms with van der Waals surface area (Å²) in [5, 5.41) is 0. The van der Waals surface area contributed by atoms with Crippen LogP contribution in [0.1, 0.15) is 31.4 Å². The van der Waals surface area contributed by atoms with Crippen molar-refractivity contribution in [2.45, 2.75) is 25.8 Å². The molecule has 0 radical (unpaired) electrons. The number of nitrogen functional groups attached to an aromatic ring is 1. The number of anilines is 1. The third-order valence-corrected chi connectivity index (χ3v) is 2.55. The van der Waals surface area contributed by atoms with Gasteiger partial charge < -0.3 is 11.5 Å². The van der Waals surface area contributed by atoms with Gasteiger partial charge in [-0.3, -0.25) is 0 Å². The van der Waals surface area contributed by atoms with Gasteiger partial charge in [0.25, 0.3) is 0 Å². The highest BCUT2D eigenvalue weighted by Crippen LogP contribution is 2.22. The molecule has 0 aliphatic heterocycles. The Morgan fingerprint density at radius 2 is 2.31 bits per heavy atom. The average Bonchev–Trinajstić information content (AvgIpc) is 2.10. The van der Waals surface area contributed by atoms with E-state index in [1.807, 2.05) is 6.07 Å². The first-order chi connectivity index (χ1) is 6.15. The van der Waals surface area contributed by atoms with Gasteiger partial charge in [-0.1, -0.05) is 13.3 Å². The fraction of sp³-hybridized carbons (Fsp3) is 0.444. The second-order valence-corrected chi connectivity index (χ2v) is 3.89. The molecule has 0 aliphatic carbocycles. The van der Waals surface area contributed by atoms with Crippen molar-refractivity contribution < 1.29 is 0 Å². The average molecular weight is 244 g/mol. The van der Waals surface area contributed by atoms with Gasteiger partial charge in [0.1, 0.15) is 5.82 Å². The van der Waals surface area contributed by atoms with E-state index in [1.54, 1.807) is 6.20 Å². The van der Waals surface area contributed by atoms with Gasteiger partial charge in [0.15, 0.2) is 0 Å². The molecule has 4 N–H and O–H groups in total. The number of rotatable bonds is 3. The molecule has 0 fully saturated rings. The highest BCUT2D eigenvalue weighted by atomic mass is 79.9. The lowest BCUT2D eigenvalue weighted by molar-refractivity contribution is 0.636. The van der Waals surface area contributed by atoms with E-state index in [4.69, 9.17) is 11.5 Å². The Kier molecular flexibility index (Phi) is 3.69. The number of nitrogens with zero attached hydrogens (tertiary/aromatic N) is 1. The summed E-state index contributed by atoms with van der Waals surface area (Å²) in [5.74, 6) is 0.507. The number of nitrogens with two attached hydrogens (primary N) is 2. The first kappa shape index (κ1) is 10.5. The Balaban J connectivity index is 2.84. The standard InChI is InChI=1S/C9H14BrN3/c1-2-3-8(11)6-4-7(10)9(12)13-5-6/h4-5,8H,2-3,11H2,1H3,(H2,12,13). The number of aromatic nitrogens is 1. The summed E-state index contributed by atoms with van der Waals surface area (Å²) < 4.78 is 0.816. The van der Waals surface area contributed by atoms with E-state index < -0.39 is 0 Å². The van der Waals surface area contributed by atoms with E-state index in [-0.39, 0.29) is 6.04 Å². The van der Waals surface area contributed by atoms with Crippen LogP contribution in [0.25, 0.3) is 0 Å². The van der Waals surface area contributed by atoms with Crippen LogP contribution in [0.2, 0.25) is 0 Å². The molecule has 0 amide bonds. The minimum Gasteiger partial charge on any atom is -0.383 e. The Hall–Kier alpha value is -0.610. The summed E-state index contributed by atoms with van der Waals surface area (Å²) in [6.45, 7) is 2.11. The van der Waals surface area contributed by atoms with Gasteiger partial charge in [-0.05, 0) is 34.0 Å². The maximum atomic E-state index is 5.92. The second kappa shape index (κ2) is 4.58. The first-order valence-electron chi connectivity index (χ1n) is 4.31. The van der Waals surface area contributed by atoms with Gasteiger partial charge in [0.2, 0.25) is 0 Å². The fourth-order valence-electron chi connectivity index (χ4n) is 1.14. The number of hydrogen-bond donors (Lipinski definition) is 2. The maximum Gasteiger partial charge on any atom is 0.137 e. The summed E-state index contributed by atoms with van der Waals surface area (Å²) >= 11 is 3.32. The predicted octanol–water partition coefficient (Wildman–Crippen LogP) is 2.23. The summed E-state index contributed by atoms with van der Waals surface area (Å²) in [4.78, 5) is 4.03. The van der Waals surface area contributed by atoms with E-state index in [0.29, 0.717) is 5.82 Å². The van der Waals surface area contributed by atoms with Gasteiger partial charge in [-0.25, -0.2) is 4.98 Å². The smallest absolute Gasteiger partial charge is 0.137 e. The van der Waals surface area contributed by atoms with Crippen LogP contribution in [-0.2, 0) is 0 Å². The molecule has 1 aromatic rings. The Labute approximate surface area is 86.7 Å². The molecule has 72 valence electrons. The highest BCUT2D eigenvalue weighted by molar-refractivity contribution is 9.10. The molecule has 0 aromatic carbocycles. The van der Waals surface area contributed by atoms with Crippen LogP contribution in [-0.4, -0.2) is 4.98 Å². The van der Waals surface area contributed by atoms with Crippen molar-refractivity contribution in [2.24, 2.45) is 5.73 Å². The molecule has 1 heterocycles. The topological polar surface area (TPSA) is 64.9 Å². The van der Waals surface area contributed by atoms with Crippen LogP contribution >= 0.6 is 15.9 Å². The van der Waals surface area contributed by atoms with Gasteiger partial charge in [-0.2, -0.15) is 0 Å². The predicted molar refractivity (Wildman–Crippen MR) is 58.2 cm³/mol. The number of pyridine rings is 1. The van der Waals surface area contributed by atoms with Crippen LogP contribution in [0.4, 0.5) is 5.82 Å². The molecule has 1 atom stereocenters.